The predicted octanol–water partition coefficient (Wildman–Crippen LogP) is 3.42. The summed E-state index contributed by atoms with van der Waals surface area (Å²) < 4.78 is 38.7. The van der Waals surface area contributed by atoms with E-state index in [2.05, 4.69) is 10.3 Å². The number of benzene rings is 1. The van der Waals surface area contributed by atoms with Gasteiger partial charge in [-0.3, -0.25) is 4.98 Å². The van der Waals surface area contributed by atoms with Gasteiger partial charge in [0.15, 0.2) is 17.5 Å². The summed E-state index contributed by atoms with van der Waals surface area (Å²) in [6.45, 7) is 2.20. The highest BCUT2D eigenvalue weighted by Crippen LogP contribution is 2.18. The van der Waals surface area contributed by atoms with Crippen molar-refractivity contribution in [3.8, 4) is 0 Å². The van der Waals surface area contributed by atoms with Crippen molar-refractivity contribution in [1.29, 1.82) is 0 Å². The quantitative estimate of drug-likeness (QED) is 0.847. The summed E-state index contributed by atoms with van der Waals surface area (Å²) in [5.41, 5.74) is 1.91. The number of rotatable bonds is 3. The van der Waals surface area contributed by atoms with Gasteiger partial charge in [0.2, 0.25) is 0 Å². The first kappa shape index (κ1) is 12.4. The van der Waals surface area contributed by atoms with E-state index in [0.29, 0.717) is 6.54 Å². The summed E-state index contributed by atoms with van der Waals surface area (Å²) in [6.07, 6.45) is 1.63. The van der Waals surface area contributed by atoms with Gasteiger partial charge in [-0.2, -0.15) is 0 Å². The highest BCUT2D eigenvalue weighted by molar-refractivity contribution is 5.44. The van der Waals surface area contributed by atoms with Crippen LogP contribution in [0, 0.1) is 24.4 Å². The van der Waals surface area contributed by atoms with Crippen molar-refractivity contribution in [2.24, 2.45) is 0 Å². The summed E-state index contributed by atoms with van der Waals surface area (Å²) in [5.74, 6) is -3.89. The van der Waals surface area contributed by atoms with Crippen LogP contribution in [-0.4, -0.2) is 4.98 Å². The fourth-order valence-corrected chi connectivity index (χ4v) is 1.55. The molecule has 0 radical (unpaired) electrons. The largest absolute Gasteiger partial charge is 0.379 e. The molecule has 2 aromatic rings. The number of anilines is 1. The Kier molecular flexibility index (Phi) is 3.50. The zero-order valence-electron chi connectivity index (χ0n) is 9.67. The maximum atomic E-state index is 13.0. The Hall–Kier alpha value is -2.04. The number of hydrogen-bond donors (Lipinski definition) is 1. The predicted molar refractivity (Wildman–Crippen MR) is 62.6 cm³/mol. The van der Waals surface area contributed by atoms with Gasteiger partial charge in [0.05, 0.1) is 12.2 Å². The first-order valence-corrected chi connectivity index (χ1v) is 5.37. The minimum absolute atomic E-state index is 0.177. The summed E-state index contributed by atoms with van der Waals surface area (Å²) >= 11 is 0. The van der Waals surface area contributed by atoms with Crippen LogP contribution in [0.25, 0.3) is 0 Å². The lowest BCUT2D eigenvalue weighted by atomic mass is 10.2. The monoisotopic (exact) mass is 252 g/mol. The van der Waals surface area contributed by atoms with Crippen LogP contribution in [0.4, 0.5) is 18.9 Å². The third-order valence-corrected chi connectivity index (χ3v) is 2.56. The number of halogens is 3. The second-order valence-corrected chi connectivity index (χ2v) is 3.87. The van der Waals surface area contributed by atoms with Crippen LogP contribution in [0.2, 0.25) is 0 Å². The Balaban J connectivity index is 2.14. The highest BCUT2D eigenvalue weighted by atomic mass is 19.2. The summed E-state index contributed by atoms with van der Waals surface area (Å²) in [6, 6.07) is 5.51. The van der Waals surface area contributed by atoms with Crippen molar-refractivity contribution in [1.82, 2.24) is 4.98 Å². The summed E-state index contributed by atoms with van der Waals surface area (Å²) in [7, 11) is 0. The number of aromatic nitrogens is 1. The molecule has 18 heavy (non-hydrogen) atoms. The molecule has 0 fully saturated rings. The van der Waals surface area contributed by atoms with E-state index in [1.54, 1.807) is 12.3 Å². The normalized spacial score (nSPS) is 10.4. The molecule has 1 aromatic heterocycles. The minimum atomic E-state index is -1.46. The van der Waals surface area contributed by atoms with Crippen molar-refractivity contribution in [2.45, 2.75) is 13.5 Å². The van der Waals surface area contributed by atoms with Gasteiger partial charge in [-0.1, -0.05) is 6.07 Å². The molecule has 1 heterocycles. The van der Waals surface area contributed by atoms with Crippen LogP contribution in [0.3, 0.4) is 0 Å². The van der Waals surface area contributed by atoms with Crippen molar-refractivity contribution in [3.05, 3.63) is 59.2 Å². The Morgan fingerprint density at radius 3 is 2.44 bits per heavy atom. The van der Waals surface area contributed by atoms with Crippen LogP contribution in [0.15, 0.2) is 30.5 Å². The number of nitrogens with zero attached hydrogens (tertiary/aromatic N) is 1. The Bertz CT molecular complexity index is 547. The van der Waals surface area contributed by atoms with Crippen molar-refractivity contribution < 1.29 is 13.2 Å². The van der Waals surface area contributed by atoms with Crippen LogP contribution in [-0.2, 0) is 6.54 Å². The van der Waals surface area contributed by atoms with Gasteiger partial charge in [0.25, 0.3) is 0 Å². The van der Waals surface area contributed by atoms with Crippen LogP contribution in [0.5, 0.6) is 0 Å². The molecule has 1 N–H and O–H groups in total. The smallest absolute Gasteiger partial charge is 0.194 e. The fraction of sp³-hybridized carbons (Fsp3) is 0.154. The average molecular weight is 252 g/mol. The molecule has 1 aromatic carbocycles. The van der Waals surface area contributed by atoms with Gasteiger partial charge < -0.3 is 5.32 Å². The van der Waals surface area contributed by atoms with E-state index in [0.717, 1.165) is 23.4 Å². The van der Waals surface area contributed by atoms with Gasteiger partial charge in [0, 0.05) is 24.0 Å². The molecule has 0 aliphatic rings. The van der Waals surface area contributed by atoms with Crippen LogP contribution in [0.1, 0.15) is 11.3 Å². The molecule has 0 saturated carbocycles. The lowest BCUT2D eigenvalue weighted by molar-refractivity contribution is 0.447. The van der Waals surface area contributed by atoms with Gasteiger partial charge in [-0.25, -0.2) is 13.2 Å². The maximum Gasteiger partial charge on any atom is 0.194 e. The van der Waals surface area contributed by atoms with E-state index in [-0.39, 0.29) is 5.69 Å². The number of nitrogens with one attached hydrogen (secondary N) is 1. The van der Waals surface area contributed by atoms with Crippen LogP contribution >= 0.6 is 0 Å². The Labute approximate surface area is 102 Å². The van der Waals surface area contributed by atoms with E-state index in [9.17, 15) is 13.2 Å². The number of pyridine rings is 1. The molecule has 0 amide bonds. The lowest BCUT2D eigenvalue weighted by Gasteiger charge is -2.08. The molecule has 94 valence electrons. The Morgan fingerprint density at radius 2 is 1.83 bits per heavy atom. The first-order valence-electron chi connectivity index (χ1n) is 5.37. The molecule has 0 unspecified atom stereocenters. The first-order chi connectivity index (χ1) is 8.58. The molecular weight excluding hydrogens is 241 g/mol. The fourth-order valence-electron chi connectivity index (χ4n) is 1.55. The average Bonchev–Trinajstić information content (AvgIpc) is 2.35. The maximum absolute atomic E-state index is 13.0. The van der Waals surface area contributed by atoms with E-state index in [1.807, 2.05) is 13.0 Å². The number of aryl methyl sites for hydroxylation is 1. The zero-order valence-corrected chi connectivity index (χ0v) is 9.67. The molecule has 2 rings (SSSR count). The molecule has 0 aliphatic carbocycles. The second kappa shape index (κ2) is 5.08. The van der Waals surface area contributed by atoms with Crippen molar-refractivity contribution >= 4 is 5.69 Å². The SMILES string of the molecule is Cc1cccnc1CNc1cc(F)c(F)c(F)c1. The van der Waals surface area contributed by atoms with Gasteiger partial charge in [-0.15, -0.1) is 0 Å². The molecular formula is C13H11F3N2. The highest BCUT2D eigenvalue weighted by Gasteiger charge is 2.10. The van der Waals surface area contributed by atoms with E-state index in [1.165, 1.54) is 0 Å². The third-order valence-electron chi connectivity index (χ3n) is 2.56. The lowest BCUT2D eigenvalue weighted by Crippen LogP contribution is -2.05. The van der Waals surface area contributed by atoms with Crippen LogP contribution < -0.4 is 5.32 Å². The molecule has 0 bridgehead atoms. The van der Waals surface area contributed by atoms with E-state index >= 15 is 0 Å². The second-order valence-electron chi connectivity index (χ2n) is 3.87. The van der Waals surface area contributed by atoms with E-state index < -0.39 is 17.5 Å². The molecule has 5 heteroatoms. The molecule has 0 aliphatic heterocycles. The molecule has 0 atom stereocenters. The van der Waals surface area contributed by atoms with Gasteiger partial charge >= 0.3 is 0 Å². The van der Waals surface area contributed by atoms with Crippen molar-refractivity contribution in [2.75, 3.05) is 5.32 Å². The number of hydrogen-bond acceptors (Lipinski definition) is 2. The summed E-state index contributed by atoms with van der Waals surface area (Å²) in [4.78, 5) is 4.13. The molecule has 2 nitrogen and oxygen atoms in total. The third kappa shape index (κ3) is 2.61. The van der Waals surface area contributed by atoms with E-state index in [4.69, 9.17) is 0 Å². The van der Waals surface area contributed by atoms with Gasteiger partial charge in [0.1, 0.15) is 0 Å². The topological polar surface area (TPSA) is 24.9 Å². The minimum Gasteiger partial charge on any atom is -0.379 e. The zero-order chi connectivity index (χ0) is 13.1. The van der Waals surface area contributed by atoms with Gasteiger partial charge in [-0.05, 0) is 18.6 Å². The molecule has 0 saturated heterocycles. The standard InChI is InChI=1S/C13H11F3N2/c1-8-3-2-4-17-12(8)7-18-9-5-10(14)13(16)11(15)6-9/h2-6,18H,7H2,1H3. The molecule has 0 spiro atoms. The van der Waals surface area contributed by atoms with Crippen molar-refractivity contribution in [3.63, 3.8) is 0 Å². The summed E-state index contributed by atoms with van der Waals surface area (Å²) in [5, 5.41) is 2.80. The Morgan fingerprint density at radius 1 is 1.17 bits per heavy atom.